The molecule has 1 unspecified atom stereocenters. The number of halogens is 2. The van der Waals surface area contributed by atoms with Crippen molar-refractivity contribution in [2.24, 2.45) is 0 Å². The summed E-state index contributed by atoms with van der Waals surface area (Å²) >= 11 is 0. The summed E-state index contributed by atoms with van der Waals surface area (Å²) in [6.07, 6.45) is -0.352. The van der Waals surface area contributed by atoms with Gasteiger partial charge in [0, 0.05) is 18.3 Å². The van der Waals surface area contributed by atoms with E-state index >= 15 is 0 Å². The van der Waals surface area contributed by atoms with E-state index in [9.17, 15) is 8.78 Å². The van der Waals surface area contributed by atoms with Gasteiger partial charge in [-0.05, 0) is 37.1 Å². The normalized spacial score (nSPS) is 12.7. The molecule has 120 valence electrons. The molecule has 0 radical (unpaired) electrons. The first-order valence-electron chi connectivity index (χ1n) is 7.59. The van der Waals surface area contributed by atoms with Crippen molar-refractivity contribution < 1.29 is 13.9 Å². The number of aliphatic hydroxyl groups is 1. The van der Waals surface area contributed by atoms with Gasteiger partial charge in [0.15, 0.2) is 0 Å². The largest absolute Gasteiger partial charge is 0.395 e. The Morgan fingerprint density at radius 3 is 2.33 bits per heavy atom. The van der Waals surface area contributed by atoms with Crippen molar-refractivity contribution in [3.05, 3.63) is 29.8 Å². The fourth-order valence-electron chi connectivity index (χ4n) is 2.35. The van der Waals surface area contributed by atoms with Gasteiger partial charge in [-0.15, -0.1) is 0 Å². The third-order valence-electron chi connectivity index (χ3n) is 3.44. The summed E-state index contributed by atoms with van der Waals surface area (Å²) in [4.78, 5) is 1.51. The minimum atomic E-state index is -2.41. The molecule has 3 nitrogen and oxygen atoms in total. The highest BCUT2D eigenvalue weighted by molar-refractivity contribution is 5.48. The number of nitrogens with one attached hydrogen (secondary N) is 1. The Kier molecular flexibility index (Phi) is 8.23. The molecule has 0 bridgehead atoms. The summed E-state index contributed by atoms with van der Waals surface area (Å²) in [5, 5.41) is 12.5. The molecule has 0 aliphatic carbocycles. The average molecular weight is 300 g/mol. The van der Waals surface area contributed by atoms with Crippen molar-refractivity contribution in [3.8, 4) is 0 Å². The Balaban J connectivity index is 2.78. The van der Waals surface area contributed by atoms with Crippen molar-refractivity contribution in [3.63, 3.8) is 0 Å². The van der Waals surface area contributed by atoms with Gasteiger partial charge >= 0.3 is 0 Å². The summed E-state index contributed by atoms with van der Waals surface area (Å²) in [7, 11) is 0. The van der Waals surface area contributed by atoms with Crippen molar-refractivity contribution >= 4 is 5.69 Å². The maximum absolute atomic E-state index is 12.6. The van der Waals surface area contributed by atoms with Crippen molar-refractivity contribution in [2.75, 3.05) is 31.1 Å². The van der Waals surface area contributed by atoms with Gasteiger partial charge in [-0.25, -0.2) is 8.78 Å². The van der Waals surface area contributed by atoms with E-state index in [1.807, 2.05) is 24.3 Å². The molecule has 1 aromatic rings. The van der Waals surface area contributed by atoms with Crippen LogP contribution >= 0.6 is 0 Å². The van der Waals surface area contributed by atoms with E-state index in [0.29, 0.717) is 6.04 Å². The Bertz CT molecular complexity index is 384. The number of hydrogen-bond donors (Lipinski definition) is 2. The van der Waals surface area contributed by atoms with E-state index in [2.05, 4.69) is 19.2 Å². The SMILES string of the molecule is CCCNC(CC)c1ccc(N(CCO)CC(F)F)cc1. The van der Waals surface area contributed by atoms with E-state index < -0.39 is 6.43 Å². The van der Waals surface area contributed by atoms with Gasteiger partial charge in [-0.3, -0.25) is 0 Å². The molecule has 1 aromatic carbocycles. The Hall–Kier alpha value is -1.20. The van der Waals surface area contributed by atoms with Gasteiger partial charge in [0.25, 0.3) is 6.43 Å². The van der Waals surface area contributed by atoms with Gasteiger partial charge in [0.05, 0.1) is 13.2 Å². The molecule has 0 amide bonds. The third-order valence-corrected chi connectivity index (χ3v) is 3.44. The van der Waals surface area contributed by atoms with Gasteiger partial charge in [0.2, 0.25) is 0 Å². The zero-order valence-electron chi connectivity index (χ0n) is 12.9. The highest BCUT2D eigenvalue weighted by Gasteiger charge is 2.13. The molecule has 0 aliphatic rings. The number of nitrogens with zero attached hydrogens (tertiary/aromatic N) is 1. The zero-order chi connectivity index (χ0) is 15.7. The summed E-state index contributed by atoms with van der Waals surface area (Å²) < 4.78 is 25.1. The summed E-state index contributed by atoms with van der Waals surface area (Å²) in [6.45, 7) is 4.93. The predicted octanol–water partition coefficient (Wildman–Crippen LogP) is 3.20. The van der Waals surface area contributed by atoms with Gasteiger partial charge in [-0.2, -0.15) is 0 Å². The summed E-state index contributed by atoms with van der Waals surface area (Å²) in [5.74, 6) is 0. The van der Waals surface area contributed by atoms with Crippen molar-refractivity contribution in [2.45, 2.75) is 39.2 Å². The van der Waals surface area contributed by atoms with Crippen molar-refractivity contribution in [1.82, 2.24) is 5.32 Å². The quantitative estimate of drug-likeness (QED) is 0.696. The topological polar surface area (TPSA) is 35.5 Å². The number of aliphatic hydroxyl groups excluding tert-OH is 1. The lowest BCUT2D eigenvalue weighted by Crippen LogP contribution is -2.31. The highest BCUT2D eigenvalue weighted by atomic mass is 19.3. The fraction of sp³-hybridized carbons (Fsp3) is 0.625. The van der Waals surface area contributed by atoms with Crippen LogP contribution in [0.2, 0.25) is 0 Å². The standard InChI is InChI=1S/C16H26F2N2O/c1-3-9-19-15(4-2)13-5-7-14(8-6-13)20(10-11-21)12-16(17)18/h5-8,15-16,19,21H,3-4,9-12H2,1-2H3. The van der Waals surface area contributed by atoms with Crippen molar-refractivity contribution in [1.29, 1.82) is 0 Å². The summed E-state index contributed by atoms with van der Waals surface area (Å²) in [6, 6.07) is 7.94. The Labute approximate surface area is 126 Å². The maximum atomic E-state index is 12.6. The minimum absolute atomic E-state index is 0.135. The predicted molar refractivity (Wildman–Crippen MR) is 83.1 cm³/mol. The number of hydrogen-bond acceptors (Lipinski definition) is 3. The lowest BCUT2D eigenvalue weighted by Gasteiger charge is -2.24. The number of anilines is 1. The van der Waals surface area contributed by atoms with Gasteiger partial charge in [-0.1, -0.05) is 26.0 Å². The van der Waals surface area contributed by atoms with Gasteiger partial charge in [0.1, 0.15) is 0 Å². The van der Waals surface area contributed by atoms with Crippen LogP contribution in [0, 0.1) is 0 Å². The third kappa shape index (κ3) is 5.98. The molecule has 5 heteroatoms. The lowest BCUT2D eigenvalue weighted by molar-refractivity contribution is 0.153. The van der Waals surface area contributed by atoms with Crippen LogP contribution in [0.1, 0.15) is 38.3 Å². The second-order valence-electron chi connectivity index (χ2n) is 5.07. The molecule has 21 heavy (non-hydrogen) atoms. The van der Waals surface area contributed by atoms with Crippen LogP contribution in [0.5, 0.6) is 0 Å². The molecule has 0 saturated carbocycles. The van der Waals surface area contributed by atoms with E-state index in [1.165, 1.54) is 4.90 Å². The molecule has 0 saturated heterocycles. The maximum Gasteiger partial charge on any atom is 0.255 e. The molecule has 0 aromatic heterocycles. The first kappa shape index (κ1) is 17.9. The van der Waals surface area contributed by atoms with Crippen LogP contribution in [0.4, 0.5) is 14.5 Å². The Morgan fingerprint density at radius 2 is 1.86 bits per heavy atom. The molecule has 0 heterocycles. The lowest BCUT2D eigenvalue weighted by atomic mass is 10.0. The van der Waals surface area contributed by atoms with Crippen LogP contribution in [0.25, 0.3) is 0 Å². The van der Waals surface area contributed by atoms with Crippen LogP contribution in [0.3, 0.4) is 0 Å². The monoisotopic (exact) mass is 300 g/mol. The fourth-order valence-corrected chi connectivity index (χ4v) is 2.35. The van der Waals surface area contributed by atoms with E-state index in [4.69, 9.17) is 5.11 Å². The van der Waals surface area contributed by atoms with Crippen LogP contribution in [-0.4, -0.2) is 37.8 Å². The zero-order valence-corrected chi connectivity index (χ0v) is 12.9. The van der Waals surface area contributed by atoms with E-state index in [1.54, 1.807) is 0 Å². The molecular weight excluding hydrogens is 274 g/mol. The van der Waals surface area contributed by atoms with Crippen LogP contribution in [-0.2, 0) is 0 Å². The number of alkyl halides is 2. The molecule has 1 atom stereocenters. The molecular formula is C16H26F2N2O. The van der Waals surface area contributed by atoms with Crippen LogP contribution < -0.4 is 10.2 Å². The average Bonchev–Trinajstić information content (AvgIpc) is 2.48. The molecule has 0 aliphatic heterocycles. The molecule has 1 rings (SSSR count). The number of rotatable bonds is 10. The van der Waals surface area contributed by atoms with E-state index in [-0.39, 0.29) is 19.7 Å². The molecule has 0 fully saturated rings. The summed E-state index contributed by atoms with van der Waals surface area (Å²) in [5.41, 5.74) is 1.88. The second-order valence-corrected chi connectivity index (χ2v) is 5.07. The Morgan fingerprint density at radius 1 is 1.19 bits per heavy atom. The number of benzene rings is 1. The smallest absolute Gasteiger partial charge is 0.255 e. The van der Waals surface area contributed by atoms with Crippen LogP contribution in [0.15, 0.2) is 24.3 Å². The first-order valence-corrected chi connectivity index (χ1v) is 7.59. The molecule has 0 spiro atoms. The first-order chi connectivity index (χ1) is 10.1. The highest BCUT2D eigenvalue weighted by Crippen LogP contribution is 2.22. The minimum Gasteiger partial charge on any atom is -0.395 e. The molecule has 2 N–H and O–H groups in total. The van der Waals surface area contributed by atoms with E-state index in [0.717, 1.165) is 30.6 Å². The second kappa shape index (κ2) is 9.68. The van der Waals surface area contributed by atoms with Gasteiger partial charge < -0.3 is 15.3 Å².